The van der Waals surface area contributed by atoms with Gasteiger partial charge in [0.15, 0.2) is 5.43 Å². The molecule has 0 saturated carbocycles. The molecule has 1 aliphatic rings. The summed E-state index contributed by atoms with van der Waals surface area (Å²) in [6.45, 7) is 2.19. The highest BCUT2D eigenvalue weighted by atomic mass is 35.9. The van der Waals surface area contributed by atoms with E-state index in [0.717, 1.165) is 5.56 Å². The Labute approximate surface area is 207 Å². The number of anilines is 1. The Morgan fingerprint density at radius 3 is 2.64 bits per heavy atom. The minimum atomic E-state index is -1.63. The lowest BCUT2D eigenvalue weighted by Crippen LogP contribution is -2.25. The van der Waals surface area contributed by atoms with E-state index in [4.69, 9.17) is 38.8 Å². The zero-order valence-electron chi connectivity index (χ0n) is 17.4. The molecule has 0 spiro atoms. The van der Waals surface area contributed by atoms with Crippen LogP contribution in [0.5, 0.6) is 0 Å². The Morgan fingerprint density at radius 1 is 1.24 bits per heavy atom. The van der Waals surface area contributed by atoms with E-state index in [1.807, 2.05) is 19.1 Å². The molecule has 2 aromatic carbocycles. The van der Waals surface area contributed by atoms with Crippen LogP contribution in [0.1, 0.15) is 28.9 Å². The largest absolute Gasteiger partial charge is 0.461 e. The van der Waals surface area contributed by atoms with E-state index in [1.165, 1.54) is 4.57 Å². The molecule has 33 heavy (non-hydrogen) atoms. The summed E-state index contributed by atoms with van der Waals surface area (Å²) in [4.78, 5) is 26.2. The van der Waals surface area contributed by atoms with Crippen LogP contribution in [-0.4, -0.2) is 23.1 Å². The van der Waals surface area contributed by atoms with E-state index >= 15 is 0 Å². The molecule has 4 rings (SSSR count). The molecule has 1 N–H and O–H groups in total. The number of carbonyl (C=O) groups excluding carboxylic acids is 2. The lowest BCUT2D eigenvalue weighted by atomic mass is 10.1. The van der Waals surface area contributed by atoms with Crippen LogP contribution in [0.3, 0.4) is 0 Å². The summed E-state index contributed by atoms with van der Waals surface area (Å²) < 4.78 is 6.80. The fourth-order valence-corrected chi connectivity index (χ4v) is 6.65. The highest BCUT2D eigenvalue weighted by Crippen LogP contribution is 2.53. The first-order chi connectivity index (χ1) is 15.8. The molecule has 0 saturated heterocycles. The third-order valence-electron chi connectivity index (χ3n) is 4.79. The third kappa shape index (κ3) is 4.94. The number of nitrogens with one attached hydrogen (secondary N) is 1. The van der Waals surface area contributed by atoms with Crippen LogP contribution in [0.2, 0.25) is 5.02 Å². The van der Waals surface area contributed by atoms with E-state index in [2.05, 4.69) is 15.5 Å². The molecule has 0 aliphatic carbocycles. The summed E-state index contributed by atoms with van der Waals surface area (Å²) in [5.74, 6) is -1.04. The number of amides is 1. The Balaban J connectivity index is 1.97. The second-order valence-electron chi connectivity index (χ2n) is 7.03. The van der Waals surface area contributed by atoms with Crippen molar-refractivity contribution in [1.29, 1.82) is 0 Å². The van der Waals surface area contributed by atoms with Crippen molar-refractivity contribution in [3.05, 3.63) is 58.5 Å². The van der Waals surface area contributed by atoms with Crippen LogP contribution in [0.25, 0.3) is 11.3 Å². The number of aryl methyl sites for hydroxylation is 1. The maximum Gasteiger partial charge on any atom is 0.359 e. The number of hydrogen-bond acceptors (Lipinski definition) is 5. The molecular weight excluding hydrogens is 525 g/mol. The summed E-state index contributed by atoms with van der Waals surface area (Å²) >= 11 is 18.7. The van der Waals surface area contributed by atoms with Crippen molar-refractivity contribution in [1.82, 2.24) is 4.57 Å². The number of nitrogens with zero attached hydrogens (tertiary/aromatic N) is 3. The van der Waals surface area contributed by atoms with Crippen LogP contribution in [0.4, 0.5) is 11.4 Å². The molecule has 1 aromatic heterocycles. The quantitative estimate of drug-likeness (QED) is 0.206. The van der Waals surface area contributed by atoms with E-state index in [9.17, 15) is 9.59 Å². The standard InChI is InChI=1S/C21H17Cl3N4O3P2/c1-3-31-20(30)19-28-16(21(32-19)33(23)24)14-10-11(2)4-9-15(14)25-18(29)17(28)27-26-13-7-5-12(22)6-8-13/h4-10,17H,3H2,1-2H3,(H,25,29)/t17-/m1/s1. The number of halogens is 3. The molecule has 170 valence electrons. The van der Waals surface area contributed by atoms with Gasteiger partial charge in [-0.2, -0.15) is 10.2 Å². The summed E-state index contributed by atoms with van der Waals surface area (Å²) in [6, 6.07) is 12.3. The fourth-order valence-electron chi connectivity index (χ4n) is 3.38. The smallest absolute Gasteiger partial charge is 0.359 e. The van der Waals surface area contributed by atoms with Gasteiger partial charge in [0.1, 0.15) is 6.63 Å². The second kappa shape index (κ2) is 10.1. The van der Waals surface area contributed by atoms with Gasteiger partial charge >= 0.3 is 5.97 Å². The van der Waals surface area contributed by atoms with Gasteiger partial charge in [-0.25, -0.2) is 4.79 Å². The monoisotopic (exact) mass is 540 g/mol. The van der Waals surface area contributed by atoms with Crippen molar-refractivity contribution in [3.63, 3.8) is 0 Å². The first-order valence-corrected chi connectivity index (χ1v) is 14.2. The highest BCUT2D eigenvalue weighted by molar-refractivity contribution is 8.11. The van der Waals surface area contributed by atoms with Crippen molar-refractivity contribution < 1.29 is 14.3 Å². The number of rotatable bonds is 5. The van der Waals surface area contributed by atoms with Crippen LogP contribution in [0, 0.1) is 6.92 Å². The van der Waals surface area contributed by atoms with E-state index < -0.39 is 24.7 Å². The predicted octanol–water partition coefficient (Wildman–Crippen LogP) is 7.52. The van der Waals surface area contributed by atoms with Crippen molar-refractivity contribution in [2.24, 2.45) is 10.2 Å². The molecule has 0 bridgehead atoms. The van der Waals surface area contributed by atoms with Crippen LogP contribution in [0.15, 0.2) is 52.7 Å². The Morgan fingerprint density at radius 2 is 1.97 bits per heavy atom. The molecular formula is C21H17Cl3N4O3P2. The van der Waals surface area contributed by atoms with E-state index in [-0.39, 0.29) is 12.0 Å². The van der Waals surface area contributed by atoms with Gasteiger partial charge in [0.2, 0.25) is 6.17 Å². The molecule has 0 unspecified atom stereocenters. The zero-order chi connectivity index (χ0) is 23.7. The minimum Gasteiger partial charge on any atom is -0.461 e. The summed E-state index contributed by atoms with van der Waals surface area (Å²) in [5, 5.41) is 12.6. The Hall–Kier alpha value is -2.01. The van der Waals surface area contributed by atoms with Crippen molar-refractivity contribution in [3.8, 4) is 11.3 Å². The van der Waals surface area contributed by atoms with Crippen LogP contribution >= 0.6 is 48.9 Å². The molecule has 1 amide bonds. The molecule has 1 aliphatic heterocycles. The van der Waals surface area contributed by atoms with Crippen molar-refractivity contribution >= 4 is 77.2 Å². The second-order valence-corrected chi connectivity index (χ2v) is 12.4. The number of fused-ring (bicyclic) bond motifs is 3. The number of carbonyl (C=O) groups is 2. The topological polar surface area (TPSA) is 85.1 Å². The van der Waals surface area contributed by atoms with Crippen LogP contribution in [-0.2, 0) is 9.53 Å². The number of aromatic nitrogens is 1. The lowest BCUT2D eigenvalue weighted by molar-refractivity contribution is -0.119. The SMILES string of the molecule is CCOC(=O)c1pc(P(Cl)Cl)c2n1[C@@H](N=Nc1ccc(Cl)cc1)C(=O)Nc1ccc(C)cc1-2. The molecule has 3 aromatic rings. The summed E-state index contributed by atoms with van der Waals surface area (Å²) in [7, 11) is 0.467. The molecule has 1 atom stereocenters. The highest BCUT2D eigenvalue weighted by Gasteiger charge is 2.37. The van der Waals surface area contributed by atoms with Gasteiger partial charge in [-0.3, -0.25) is 9.36 Å². The Kier molecular flexibility index (Phi) is 7.37. The molecule has 0 radical (unpaired) electrons. The number of ether oxygens (including phenoxy) is 1. The predicted molar refractivity (Wildman–Crippen MR) is 135 cm³/mol. The van der Waals surface area contributed by atoms with E-state index in [0.29, 0.717) is 40.9 Å². The van der Waals surface area contributed by atoms with Gasteiger partial charge in [-0.05, 0) is 58.4 Å². The maximum atomic E-state index is 13.3. The molecule has 12 heteroatoms. The maximum absolute atomic E-state index is 13.3. The number of esters is 1. The number of azo groups is 1. The zero-order valence-corrected chi connectivity index (χ0v) is 21.5. The fraction of sp³-hybridized carbons (Fsp3) is 0.190. The van der Waals surface area contributed by atoms with Crippen LogP contribution < -0.4 is 10.4 Å². The van der Waals surface area contributed by atoms with Gasteiger partial charge in [0.25, 0.3) is 5.91 Å². The van der Waals surface area contributed by atoms with Crippen molar-refractivity contribution in [2.45, 2.75) is 20.0 Å². The van der Waals surface area contributed by atoms with Gasteiger partial charge < -0.3 is 10.1 Å². The van der Waals surface area contributed by atoms with Gasteiger partial charge in [-0.1, -0.05) is 45.7 Å². The van der Waals surface area contributed by atoms with Gasteiger partial charge in [-0.15, -0.1) is 0 Å². The van der Waals surface area contributed by atoms with Crippen molar-refractivity contribution in [2.75, 3.05) is 11.9 Å². The Bertz CT molecular complexity index is 1260. The number of benzene rings is 2. The van der Waals surface area contributed by atoms with Gasteiger partial charge in [0, 0.05) is 10.6 Å². The first kappa shape index (κ1) is 24.1. The average molecular weight is 542 g/mol. The van der Waals surface area contributed by atoms with Gasteiger partial charge in [0.05, 0.1) is 28.7 Å². The van der Waals surface area contributed by atoms with E-state index in [1.54, 1.807) is 37.3 Å². The minimum absolute atomic E-state index is 0.172. The molecule has 2 heterocycles. The molecule has 0 fully saturated rings. The molecule has 7 nitrogen and oxygen atoms in total. The normalized spacial score (nSPS) is 15.5. The summed E-state index contributed by atoms with van der Waals surface area (Å²) in [6.07, 6.45) is -1.18. The average Bonchev–Trinajstić information content (AvgIpc) is 3.12. The lowest BCUT2D eigenvalue weighted by Gasteiger charge is -2.16. The third-order valence-corrected chi connectivity index (χ3v) is 9.23. The first-order valence-electron chi connectivity index (χ1n) is 9.79. The number of hydrogen-bond donors (Lipinski definition) is 1. The summed E-state index contributed by atoms with van der Waals surface area (Å²) in [5.41, 5.74) is 3.50.